The molecule has 2 heterocycles. The second-order valence-electron chi connectivity index (χ2n) is 5.45. The zero-order chi connectivity index (χ0) is 17.6. The Labute approximate surface area is 150 Å². The Morgan fingerprint density at radius 2 is 2.00 bits per heavy atom. The van der Waals surface area contributed by atoms with E-state index in [1.165, 1.54) is 11.8 Å². The third kappa shape index (κ3) is 4.30. The summed E-state index contributed by atoms with van der Waals surface area (Å²) >= 11 is 1.24. The smallest absolute Gasteiger partial charge is 0.277 e. The Bertz CT molecular complexity index is 829. The summed E-state index contributed by atoms with van der Waals surface area (Å²) in [6.07, 6.45) is 1.58. The molecule has 0 fully saturated rings. The van der Waals surface area contributed by atoms with Gasteiger partial charge in [-0.1, -0.05) is 42.1 Å². The van der Waals surface area contributed by atoms with Crippen LogP contribution in [0, 0.1) is 6.92 Å². The number of aromatic nitrogens is 2. The van der Waals surface area contributed by atoms with Gasteiger partial charge in [0.05, 0.1) is 17.6 Å². The van der Waals surface area contributed by atoms with Gasteiger partial charge in [0.1, 0.15) is 5.76 Å². The summed E-state index contributed by atoms with van der Waals surface area (Å²) in [5, 5.41) is 8.37. The lowest BCUT2D eigenvalue weighted by molar-refractivity contribution is -0.128. The highest BCUT2D eigenvalue weighted by molar-refractivity contribution is 7.99. The van der Waals surface area contributed by atoms with Gasteiger partial charge in [0.15, 0.2) is 0 Å². The molecule has 0 aliphatic rings. The number of benzene rings is 1. The first-order valence-electron chi connectivity index (χ1n) is 8.00. The Balaban J connectivity index is 1.58. The van der Waals surface area contributed by atoms with E-state index in [2.05, 4.69) is 10.2 Å². The summed E-state index contributed by atoms with van der Waals surface area (Å²) in [6, 6.07) is 11.7. The first-order valence-corrected chi connectivity index (χ1v) is 8.98. The fraction of sp³-hybridized carbons (Fsp3) is 0.278. The van der Waals surface area contributed by atoms with Crippen molar-refractivity contribution in [2.24, 2.45) is 0 Å². The van der Waals surface area contributed by atoms with E-state index >= 15 is 0 Å². The molecule has 0 saturated carbocycles. The van der Waals surface area contributed by atoms with Gasteiger partial charge in [-0.25, -0.2) is 0 Å². The second-order valence-corrected chi connectivity index (χ2v) is 6.37. The van der Waals surface area contributed by atoms with Crippen LogP contribution >= 0.6 is 11.8 Å². The van der Waals surface area contributed by atoms with Crippen LogP contribution in [0.2, 0.25) is 0 Å². The topological polar surface area (TPSA) is 72.4 Å². The number of hydrogen-bond acceptors (Lipinski definition) is 6. The van der Waals surface area contributed by atoms with Crippen LogP contribution in [0.3, 0.4) is 0 Å². The van der Waals surface area contributed by atoms with Gasteiger partial charge in [0.2, 0.25) is 5.91 Å². The second kappa shape index (κ2) is 8.02. The molecular weight excluding hydrogens is 338 g/mol. The van der Waals surface area contributed by atoms with Crippen molar-refractivity contribution < 1.29 is 13.6 Å². The van der Waals surface area contributed by atoms with Crippen LogP contribution in [0.4, 0.5) is 0 Å². The summed E-state index contributed by atoms with van der Waals surface area (Å²) in [5.74, 6) is 1.41. The summed E-state index contributed by atoms with van der Waals surface area (Å²) in [4.78, 5) is 14.2. The van der Waals surface area contributed by atoms with E-state index in [1.54, 1.807) is 17.2 Å². The van der Waals surface area contributed by atoms with Crippen molar-refractivity contribution in [2.45, 2.75) is 25.6 Å². The minimum absolute atomic E-state index is 0.0376. The van der Waals surface area contributed by atoms with Crippen LogP contribution in [0.1, 0.15) is 18.2 Å². The highest BCUT2D eigenvalue weighted by Crippen LogP contribution is 2.26. The van der Waals surface area contributed by atoms with Crippen LogP contribution in [0.5, 0.6) is 0 Å². The third-order valence-corrected chi connectivity index (χ3v) is 4.57. The number of nitrogens with zero attached hydrogens (tertiary/aromatic N) is 3. The fourth-order valence-electron chi connectivity index (χ4n) is 2.38. The zero-order valence-corrected chi connectivity index (χ0v) is 15.0. The van der Waals surface area contributed by atoms with E-state index in [0.717, 1.165) is 16.9 Å². The van der Waals surface area contributed by atoms with Crippen molar-refractivity contribution in [2.75, 3.05) is 12.3 Å². The molecule has 25 heavy (non-hydrogen) atoms. The molecule has 3 rings (SSSR count). The van der Waals surface area contributed by atoms with Crippen LogP contribution in [0.15, 0.2) is 56.7 Å². The average molecular weight is 357 g/mol. The molecule has 0 aliphatic carbocycles. The molecule has 1 amide bonds. The molecule has 130 valence electrons. The van der Waals surface area contributed by atoms with Gasteiger partial charge >= 0.3 is 0 Å². The zero-order valence-electron chi connectivity index (χ0n) is 14.1. The fourth-order valence-corrected chi connectivity index (χ4v) is 3.04. The van der Waals surface area contributed by atoms with Crippen molar-refractivity contribution >= 4 is 17.7 Å². The van der Waals surface area contributed by atoms with Crippen LogP contribution in [0.25, 0.3) is 11.5 Å². The van der Waals surface area contributed by atoms with E-state index in [9.17, 15) is 4.79 Å². The van der Waals surface area contributed by atoms with Gasteiger partial charge in [0.25, 0.3) is 11.1 Å². The molecule has 0 aliphatic heterocycles. The summed E-state index contributed by atoms with van der Waals surface area (Å²) in [7, 11) is 0. The number of thioether (sulfide) groups is 1. The summed E-state index contributed by atoms with van der Waals surface area (Å²) < 4.78 is 10.8. The minimum atomic E-state index is 0.0376. The SMILES string of the molecule is CCN(Cc1ccccc1)C(=O)CSc1nnc(-c2ccoc2C)o1. The average Bonchev–Trinajstić information content (AvgIpc) is 3.27. The number of amides is 1. The summed E-state index contributed by atoms with van der Waals surface area (Å²) in [5.41, 5.74) is 1.88. The van der Waals surface area contributed by atoms with Crippen molar-refractivity contribution in [3.05, 3.63) is 54.0 Å². The molecule has 0 radical (unpaired) electrons. The lowest BCUT2D eigenvalue weighted by Gasteiger charge is -2.20. The number of rotatable bonds is 7. The number of aryl methyl sites for hydroxylation is 1. The Hall–Kier alpha value is -2.54. The van der Waals surface area contributed by atoms with Crippen molar-refractivity contribution in [1.82, 2.24) is 15.1 Å². The number of carbonyl (C=O) groups is 1. The van der Waals surface area contributed by atoms with Gasteiger partial charge in [-0.3, -0.25) is 4.79 Å². The number of hydrogen-bond donors (Lipinski definition) is 0. The molecule has 6 nitrogen and oxygen atoms in total. The standard InChI is InChI=1S/C18H19N3O3S/c1-3-21(11-14-7-5-4-6-8-14)16(22)12-25-18-20-19-17(24-18)15-9-10-23-13(15)2/h4-10H,3,11-12H2,1-2H3. The molecular formula is C18H19N3O3S. The van der Waals surface area contributed by atoms with Crippen molar-refractivity contribution in [3.63, 3.8) is 0 Å². The molecule has 0 bridgehead atoms. The molecule has 7 heteroatoms. The number of furan rings is 1. The lowest BCUT2D eigenvalue weighted by Crippen LogP contribution is -2.31. The van der Waals surface area contributed by atoms with Gasteiger partial charge < -0.3 is 13.7 Å². The Kier molecular flexibility index (Phi) is 5.55. The van der Waals surface area contributed by atoms with Gasteiger partial charge in [0, 0.05) is 13.1 Å². The molecule has 0 saturated heterocycles. The highest BCUT2D eigenvalue weighted by atomic mass is 32.2. The van der Waals surface area contributed by atoms with E-state index in [1.807, 2.05) is 44.2 Å². The number of carbonyl (C=O) groups excluding carboxylic acids is 1. The van der Waals surface area contributed by atoms with E-state index in [0.29, 0.717) is 24.2 Å². The predicted molar refractivity (Wildman–Crippen MR) is 95.0 cm³/mol. The van der Waals surface area contributed by atoms with Crippen LogP contribution < -0.4 is 0 Å². The normalized spacial score (nSPS) is 10.8. The molecule has 0 atom stereocenters. The van der Waals surface area contributed by atoms with E-state index in [-0.39, 0.29) is 11.7 Å². The molecule has 1 aromatic carbocycles. The largest absolute Gasteiger partial charge is 0.469 e. The monoisotopic (exact) mass is 357 g/mol. The van der Waals surface area contributed by atoms with Crippen molar-refractivity contribution in [1.29, 1.82) is 0 Å². The van der Waals surface area contributed by atoms with Crippen LogP contribution in [-0.4, -0.2) is 33.3 Å². The van der Waals surface area contributed by atoms with Crippen LogP contribution in [-0.2, 0) is 11.3 Å². The Morgan fingerprint density at radius 3 is 2.68 bits per heavy atom. The quantitative estimate of drug-likeness (QED) is 0.599. The highest BCUT2D eigenvalue weighted by Gasteiger charge is 2.17. The maximum Gasteiger partial charge on any atom is 0.277 e. The van der Waals surface area contributed by atoms with Gasteiger partial charge in [-0.15, -0.1) is 10.2 Å². The Morgan fingerprint density at radius 1 is 1.20 bits per heavy atom. The predicted octanol–water partition coefficient (Wildman–Crippen LogP) is 3.78. The summed E-state index contributed by atoms with van der Waals surface area (Å²) in [6.45, 7) is 5.05. The van der Waals surface area contributed by atoms with E-state index in [4.69, 9.17) is 8.83 Å². The van der Waals surface area contributed by atoms with Gasteiger partial charge in [-0.2, -0.15) is 0 Å². The van der Waals surface area contributed by atoms with E-state index < -0.39 is 0 Å². The van der Waals surface area contributed by atoms with Gasteiger partial charge in [-0.05, 0) is 25.5 Å². The maximum atomic E-state index is 12.4. The third-order valence-electron chi connectivity index (χ3n) is 3.77. The van der Waals surface area contributed by atoms with Crippen molar-refractivity contribution in [3.8, 4) is 11.5 Å². The first-order chi connectivity index (χ1) is 12.2. The molecule has 3 aromatic rings. The molecule has 2 aromatic heterocycles. The lowest BCUT2D eigenvalue weighted by atomic mass is 10.2. The molecule has 0 unspecified atom stereocenters. The maximum absolute atomic E-state index is 12.4. The minimum Gasteiger partial charge on any atom is -0.469 e. The first kappa shape index (κ1) is 17.3. The molecule has 0 spiro atoms. The molecule has 0 N–H and O–H groups in total.